The number of rotatable bonds is 38. The Morgan fingerprint density at radius 3 is 0.920 bits per heavy atom. The Kier molecular flexibility index (Phi) is 34.8. The fourth-order valence-corrected chi connectivity index (χ4v) is 6.04. The number of nitrogens with zero attached hydrogens (tertiary/aromatic N) is 3. The van der Waals surface area contributed by atoms with E-state index in [1.165, 1.54) is 115 Å². The zero-order valence-electron chi connectivity index (χ0n) is 46.7. The summed E-state index contributed by atoms with van der Waals surface area (Å²) in [5.41, 5.74) is 1.57. The van der Waals surface area contributed by atoms with Crippen molar-refractivity contribution in [2.24, 2.45) is 20.9 Å². The normalized spacial score (nSPS) is 10.3. The highest BCUT2D eigenvalue weighted by Gasteiger charge is 2.14. The van der Waals surface area contributed by atoms with Gasteiger partial charge in [-0.2, -0.15) is 15.0 Å². The molecule has 0 bridgehead atoms. The van der Waals surface area contributed by atoms with Gasteiger partial charge in [0.15, 0.2) is 26.4 Å². The number of amides is 1. The van der Waals surface area contributed by atoms with Crippen LogP contribution in [0, 0.1) is 5.92 Å². The van der Waals surface area contributed by atoms with E-state index in [2.05, 4.69) is 20.3 Å². The summed E-state index contributed by atoms with van der Waals surface area (Å²) in [6.07, 6.45) is 5.29. The molecule has 0 spiro atoms. The fraction of sp³-hybridized carbons (Fsp3) is 0.368. The molecule has 30 nitrogen and oxygen atoms in total. The van der Waals surface area contributed by atoms with Gasteiger partial charge in [-0.25, -0.2) is 38.4 Å². The van der Waals surface area contributed by atoms with Crippen LogP contribution in [-0.2, 0) is 95.4 Å². The van der Waals surface area contributed by atoms with Crippen LogP contribution in [0.5, 0.6) is 23.0 Å². The second-order valence-electron chi connectivity index (χ2n) is 17.0. The van der Waals surface area contributed by atoms with Gasteiger partial charge in [-0.15, -0.1) is 0 Å². The number of unbranched alkanes of at least 4 members (excludes halogenated alkanes) is 2. The summed E-state index contributed by atoms with van der Waals surface area (Å²) >= 11 is 0. The maximum absolute atomic E-state index is 11.9. The third kappa shape index (κ3) is 33.8. The van der Waals surface area contributed by atoms with Crippen molar-refractivity contribution in [1.82, 2.24) is 0 Å². The number of carbonyl (C=O) groups is 9. The van der Waals surface area contributed by atoms with Crippen molar-refractivity contribution in [3.05, 3.63) is 97.1 Å². The molecule has 0 heterocycles. The summed E-state index contributed by atoms with van der Waals surface area (Å²) in [5.74, 6) is -4.42. The van der Waals surface area contributed by atoms with Gasteiger partial charge in [0.2, 0.25) is 45.4 Å². The van der Waals surface area contributed by atoms with Gasteiger partial charge in [-0.05, 0) is 129 Å². The number of anilines is 1. The minimum Gasteiger partial charge on any atom is -0.482 e. The average Bonchev–Trinajstić information content (AvgIpc) is 3.72. The summed E-state index contributed by atoms with van der Waals surface area (Å²) in [4.78, 5) is 147. The molecule has 464 valence electrons. The SMILES string of the molecule is CCC(CO)COC(=O)Nc1ccc(OCC(=O)OCOC(=O)CCCCC(=O)OCOC(=O)COc2ccc(N=C=O)cc2)cc1.O=C=Nc1ccc(OCC(=O)OCOC(=O)CCCCC(=O)OCOC(=O)COc2ccc(N=C=O)cc2)cc1. The van der Waals surface area contributed by atoms with Crippen LogP contribution in [0.3, 0.4) is 0 Å². The van der Waals surface area contributed by atoms with Gasteiger partial charge in [0.25, 0.3) is 0 Å². The van der Waals surface area contributed by atoms with E-state index in [4.69, 9.17) is 66.7 Å². The Labute approximate surface area is 495 Å². The van der Waals surface area contributed by atoms with Crippen LogP contribution in [0.2, 0.25) is 0 Å². The van der Waals surface area contributed by atoms with E-state index in [1.807, 2.05) is 6.92 Å². The van der Waals surface area contributed by atoms with Crippen molar-refractivity contribution in [3.63, 3.8) is 0 Å². The minimum absolute atomic E-state index is 0.0221. The summed E-state index contributed by atoms with van der Waals surface area (Å²) in [6.45, 7) is -2.24. The molecule has 0 aromatic heterocycles. The lowest BCUT2D eigenvalue weighted by atomic mass is 10.1. The number of nitrogens with one attached hydrogen (secondary N) is 1. The molecule has 4 rings (SSSR count). The first-order valence-corrected chi connectivity index (χ1v) is 26.1. The average molecular weight is 1220 g/mol. The predicted octanol–water partition coefficient (Wildman–Crippen LogP) is 6.05. The first-order chi connectivity index (χ1) is 42.1. The monoisotopic (exact) mass is 1220 g/mol. The molecule has 4 aromatic carbocycles. The number of ether oxygens (including phenoxy) is 13. The van der Waals surface area contributed by atoms with Gasteiger partial charge >= 0.3 is 53.8 Å². The lowest BCUT2D eigenvalue weighted by Crippen LogP contribution is -2.20. The lowest BCUT2D eigenvalue weighted by Gasteiger charge is -2.13. The second kappa shape index (κ2) is 42.9. The number of hydrogen-bond acceptors (Lipinski definition) is 29. The van der Waals surface area contributed by atoms with Crippen LogP contribution in [0.15, 0.2) is 112 Å². The zero-order chi connectivity index (χ0) is 63.3. The van der Waals surface area contributed by atoms with Crippen LogP contribution < -0.4 is 24.3 Å². The van der Waals surface area contributed by atoms with Gasteiger partial charge in [0.1, 0.15) is 23.0 Å². The number of isocyanates is 3. The third-order valence-electron chi connectivity index (χ3n) is 10.6. The molecule has 0 fully saturated rings. The molecule has 87 heavy (non-hydrogen) atoms. The van der Waals surface area contributed by atoms with Crippen LogP contribution >= 0.6 is 0 Å². The Bertz CT molecular complexity index is 2870. The highest BCUT2D eigenvalue weighted by Crippen LogP contribution is 2.21. The number of hydrogen-bond donors (Lipinski definition) is 2. The molecule has 2 N–H and O–H groups in total. The fourth-order valence-electron chi connectivity index (χ4n) is 6.04. The van der Waals surface area contributed by atoms with Gasteiger partial charge in [-0.3, -0.25) is 24.5 Å². The van der Waals surface area contributed by atoms with E-state index in [1.54, 1.807) is 0 Å². The largest absolute Gasteiger partial charge is 0.482 e. The number of aliphatic hydroxyl groups is 1. The quantitative estimate of drug-likeness (QED) is 0.0129. The van der Waals surface area contributed by atoms with E-state index >= 15 is 0 Å². The molecule has 1 amide bonds. The van der Waals surface area contributed by atoms with E-state index < -0.39 is 107 Å². The van der Waals surface area contributed by atoms with Crippen molar-refractivity contribution in [2.75, 3.05) is 72.1 Å². The number of aliphatic hydroxyl groups excluding tert-OH is 1. The van der Waals surface area contributed by atoms with Gasteiger partial charge in [0.05, 0.1) is 23.7 Å². The molecule has 0 aliphatic rings. The Morgan fingerprint density at radius 2 is 0.667 bits per heavy atom. The Morgan fingerprint density at radius 1 is 0.402 bits per heavy atom. The number of carbonyl (C=O) groups excluding carboxylic acids is 12. The first-order valence-electron chi connectivity index (χ1n) is 26.1. The lowest BCUT2D eigenvalue weighted by molar-refractivity contribution is -0.171. The molecule has 0 radical (unpaired) electrons. The highest BCUT2D eigenvalue weighted by molar-refractivity contribution is 5.84. The summed E-state index contributed by atoms with van der Waals surface area (Å²) in [7, 11) is 0. The van der Waals surface area contributed by atoms with Crippen LogP contribution in [0.25, 0.3) is 0 Å². The van der Waals surface area contributed by atoms with Crippen molar-refractivity contribution < 1.29 is 124 Å². The minimum atomic E-state index is -0.784. The summed E-state index contributed by atoms with van der Waals surface area (Å²) in [6, 6.07) is 24.1. The molecule has 30 heteroatoms. The molecule has 0 saturated heterocycles. The van der Waals surface area contributed by atoms with Crippen LogP contribution in [-0.4, -0.2) is 144 Å². The Balaban J connectivity index is 0.000000461. The predicted molar refractivity (Wildman–Crippen MR) is 292 cm³/mol. The van der Waals surface area contributed by atoms with E-state index in [0.717, 1.165) is 0 Å². The molecule has 1 unspecified atom stereocenters. The van der Waals surface area contributed by atoms with Crippen molar-refractivity contribution in [3.8, 4) is 23.0 Å². The third-order valence-corrected chi connectivity index (χ3v) is 10.6. The van der Waals surface area contributed by atoms with Crippen LogP contribution in [0.1, 0.15) is 64.7 Å². The van der Waals surface area contributed by atoms with Gasteiger partial charge in [0, 0.05) is 43.9 Å². The number of benzene rings is 4. The highest BCUT2D eigenvalue weighted by atomic mass is 16.7. The molecule has 0 saturated carbocycles. The molecule has 0 aliphatic heterocycles. The molecule has 0 aliphatic carbocycles. The van der Waals surface area contributed by atoms with Crippen molar-refractivity contribution in [1.29, 1.82) is 0 Å². The number of aliphatic imine (C=N–C) groups is 3. The topological polar surface area (TPSA) is 394 Å². The molecular formula is C57H60N4O26. The number of esters is 8. The van der Waals surface area contributed by atoms with E-state index in [9.17, 15) is 57.5 Å². The second-order valence-corrected chi connectivity index (χ2v) is 17.0. The first kappa shape index (κ1) is 70.5. The zero-order valence-corrected chi connectivity index (χ0v) is 46.7. The maximum Gasteiger partial charge on any atom is 0.411 e. The van der Waals surface area contributed by atoms with Crippen LogP contribution in [0.4, 0.5) is 27.5 Å². The Hall–Kier alpha value is -10.8. The maximum atomic E-state index is 11.9. The molecular weight excluding hydrogens is 1160 g/mol. The molecule has 4 aromatic rings. The van der Waals surface area contributed by atoms with Crippen molar-refractivity contribution >= 4 is 94.8 Å². The van der Waals surface area contributed by atoms with E-state index in [0.29, 0.717) is 77.9 Å². The smallest absolute Gasteiger partial charge is 0.411 e. The standard InChI is InChI=1S/C31H36N2O14.C26H24N2O12/c1-2-22(15-34)16-43-31(40)33-24-9-13-26(14-10-24)42-18-30(39)47-21-45-28(37)6-4-3-5-27(36)44-20-46-29(38)17-41-25-11-7-23(8-12-25)32-19-35;29-15-27-19-5-9-21(10-6-19)35-13-25(33)39-17-37-23(31)3-1-2-4-24(32)38-18-40-26(34)14-36-22-11-7-20(8-12-22)28-16-30/h7-14,22,34H,2-6,15-18,20-21H2,1H3,(H,33,40);5-12H,1-4,13-14,17-18H2. The van der Waals surface area contributed by atoms with Gasteiger partial charge < -0.3 is 66.7 Å². The summed E-state index contributed by atoms with van der Waals surface area (Å²) < 4.78 is 64.2. The molecule has 1 atom stereocenters. The summed E-state index contributed by atoms with van der Waals surface area (Å²) in [5, 5.41) is 11.7. The van der Waals surface area contributed by atoms with E-state index in [-0.39, 0.29) is 44.8 Å². The van der Waals surface area contributed by atoms with Crippen molar-refractivity contribution in [2.45, 2.75) is 64.7 Å². The van der Waals surface area contributed by atoms with Gasteiger partial charge in [-0.1, -0.05) is 6.92 Å².